The van der Waals surface area contributed by atoms with Crippen LogP contribution in [0.15, 0.2) is 6.07 Å². The maximum Gasteiger partial charge on any atom is 0.131 e. The fraction of sp³-hybridized carbons (Fsp3) is 0.667. The highest BCUT2D eigenvalue weighted by atomic mass is 16.3. The molecule has 0 spiro atoms. The number of aryl methyl sites for hydroxylation is 1. The molecule has 1 aromatic rings. The Morgan fingerprint density at radius 1 is 1.24 bits per heavy atom. The van der Waals surface area contributed by atoms with Crippen LogP contribution in [-0.4, -0.2) is 34.3 Å². The second-order valence-electron chi connectivity index (χ2n) is 3.99. The number of hydrogen-bond donors (Lipinski definition) is 3. The summed E-state index contributed by atoms with van der Waals surface area (Å²) >= 11 is 0. The van der Waals surface area contributed by atoms with Gasteiger partial charge in [-0.15, -0.1) is 0 Å². The number of nitrogens with one attached hydrogen (secondary N) is 2. The molecular formula is C12H22N4O. The molecule has 1 unspecified atom stereocenters. The molecule has 96 valence electrons. The number of nitrogens with zero attached hydrogens (tertiary/aromatic N) is 2. The van der Waals surface area contributed by atoms with Gasteiger partial charge in [-0.1, -0.05) is 6.92 Å². The molecule has 0 aliphatic heterocycles. The van der Waals surface area contributed by atoms with Gasteiger partial charge in [0.1, 0.15) is 17.5 Å². The number of anilines is 2. The van der Waals surface area contributed by atoms with Crippen LogP contribution in [-0.2, 0) is 0 Å². The van der Waals surface area contributed by atoms with Crippen LogP contribution >= 0.6 is 0 Å². The van der Waals surface area contributed by atoms with Crippen molar-refractivity contribution >= 4 is 11.6 Å². The van der Waals surface area contributed by atoms with Crippen LogP contribution in [0.1, 0.15) is 32.5 Å². The van der Waals surface area contributed by atoms with Crippen molar-refractivity contribution in [3.05, 3.63) is 11.9 Å². The first-order valence-electron chi connectivity index (χ1n) is 6.17. The SMILES string of the molecule is CCNc1cc(NCCC(O)CC)nc(C)n1. The Balaban J connectivity index is 2.52. The first kappa shape index (κ1) is 13.7. The maximum atomic E-state index is 9.44. The molecule has 3 N–H and O–H groups in total. The highest BCUT2D eigenvalue weighted by Gasteiger charge is 2.03. The van der Waals surface area contributed by atoms with Crippen LogP contribution in [0, 0.1) is 6.92 Å². The van der Waals surface area contributed by atoms with Crippen LogP contribution in [0.25, 0.3) is 0 Å². The molecule has 0 saturated carbocycles. The van der Waals surface area contributed by atoms with E-state index in [-0.39, 0.29) is 6.10 Å². The molecule has 1 heterocycles. The Labute approximate surface area is 103 Å². The smallest absolute Gasteiger partial charge is 0.131 e. The van der Waals surface area contributed by atoms with Gasteiger partial charge in [-0.2, -0.15) is 0 Å². The molecular weight excluding hydrogens is 216 g/mol. The van der Waals surface area contributed by atoms with Crippen LogP contribution in [0.2, 0.25) is 0 Å². The normalized spacial score (nSPS) is 12.2. The van der Waals surface area contributed by atoms with E-state index in [1.54, 1.807) is 0 Å². The average molecular weight is 238 g/mol. The molecule has 0 radical (unpaired) electrons. The highest BCUT2D eigenvalue weighted by molar-refractivity contribution is 5.47. The van der Waals surface area contributed by atoms with Crippen molar-refractivity contribution in [2.45, 2.75) is 39.7 Å². The lowest BCUT2D eigenvalue weighted by molar-refractivity contribution is 0.164. The third kappa shape index (κ3) is 4.99. The second-order valence-corrected chi connectivity index (χ2v) is 3.99. The summed E-state index contributed by atoms with van der Waals surface area (Å²) in [5.74, 6) is 2.37. The van der Waals surface area contributed by atoms with Crippen LogP contribution in [0.5, 0.6) is 0 Å². The zero-order valence-electron chi connectivity index (χ0n) is 10.8. The topological polar surface area (TPSA) is 70.1 Å². The molecule has 1 atom stereocenters. The van der Waals surface area contributed by atoms with Gasteiger partial charge in [0.2, 0.25) is 0 Å². The zero-order chi connectivity index (χ0) is 12.7. The molecule has 0 aliphatic carbocycles. The first-order valence-corrected chi connectivity index (χ1v) is 6.17. The quantitative estimate of drug-likeness (QED) is 0.675. The van der Waals surface area contributed by atoms with E-state index in [4.69, 9.17) is 0 Å². The summed E-state index contributed by atoms with van der Waals surface area (Å²) in [7, 11) is 0. The van der Waals surface area contributed by atoms with Crippen molar-refractivity contribution in [2.75, 3.05) is 23.7 Å². The van der Waals surface area contributed by atoms with Gasteiger partial charge in [-0.05, 0) is 26.7 Å². The molecule has 5 nitrogen and oxygen atoms in total. The van der Waals surface area contributed by atoms with Crippen molar-refractivity contribution in [3.8, 4) is 0 Å². The number of rotatable bonds is 7. The Kier molecular flexibility index (Phi) is 5.69. The average Bonchev–Trinajstić information content (AvgIpc) is 2.28. The van der Waals surface area contributed by atoms with Gasteiger partial charge in [0.15, 0.2) is 0 Å². The standard InChI is InChI=1S/C12H22N4O/c1-4-10(17)6-7-14-12-8-11(13-5-2)15-9(3)16-12/h8,10,17H,4-7H2,1-3H3,(H2,13,14,15,16). The summed E-state index contributed by atoms with van der Waals surface area (Å²) in [4.78, 5) is 8.57. The van der Waals surface area contributed by atoms with Crippen molar-refractivity contribution in [1.29, 1.82) is 0 Å². The van der Waals surface area contributed by atoms with Crippen molar-refractivity contribution in [3.63, 3.8) is 0 Å². The summed E-state index contributed by atoms with van der Waals surface area (Å²) < 4.78 is 0. The molecule has 0 saturated heterocycles. The Bertz CT molecular complexity index is 343. The first-order chi connectivity index (χ1) is 8.15. The van der Waals surface area contributed by atoms with Crippen LogP contribution in [0.4, 0.5) is 11.6 Å². The van der Waals surface area contributed by atoms with E-state index in [2.05, 4.69) is 20.6 Å². The predicted octanol–water partition coefficient (Wildman–Crippen LogP) is 1.79. The third-order valence-corrected chi connectivity index (χ3v) is 2.45. The van der Waals surface area contributed by atoms with Gasteiger partial charge in [0.05, 0.1) is 6.10 Å². The molecule has 0 amide bonds. The molecule has 17 heavy (non-hydrogen) atoms. The lowest BCUT2D eigenvalue weighted by atomic mass is 10.2. The highest BCUT2D eigenvalue weighted by Crippen LogP contribution is 2.11. The monoisotopic (exact) mass is 238 g/mol. The molecule has 0 aromatic carbocycles. The summed E-state index contributed by atoms with van der Waals surface area (Å²) in [5.41, 5.74) is 0. The fourth-order valence-corrected chi connectivity index (χ4v) is 1.50. The molecule has 1 rings (SSSR count). The fourth-order valence-electron chi connectivity index (χ4n) is 1.50. The molecule has 1 aromatic heterocycles. The van der Waals surface area contributed by atoms with E-state index in [1.165, 1.54) is 0 Å². The van der Waals surface area contributed by atoms with Crippen LogP contribution in [0.3, 0.4) is 0 Å². The summed E-state index contributed by atoms with van der Waals surface area (Å²) in [6, 6.07) is 1.88. The van der Waals surface area contributed by atoms with Gasteiger partial charge in [0, 0.05) is 19.2 Å². The minimum atomic E-state index is -0.237. The van der Waals surface area contributed by atoms with E-state index in [1.807, 2.05) is 26.8 Å². The Morgan fingerprint density at radius 3 is 2.47 bits per heavy atom. The summed E-state index contributed by atoms with van der Waals surface area (Å²) in [6.45, 7) is 7.43. The van der Waals surface area contributed by atoms with Gasteiger partial charge < -0.3 is 15.7 Å². The van der Waals surface area contributed by atoms with E-state index in [0.717, 1.165) is 43.4 Å². The zero-order valence-corrected chi connectivity index (χ0v) is 10.8. The number of aliphatic hydroxyl groups excluding tert-OH is 1. The third-order valence-electron chi connectivity index (χ3n) is 2.45. The van der Waals surface area contributed by atoms with Crippen molar-refractivity contribution < 1.29 is 5.11 Å². The largest absolute Gasteiger partial charge is 0.393 e. The molecule has 0 bridgehead atoms. The lowest BCUT2D eigenvalue weighted by Crippen LogP contribution is -2.13. The number of aromatic nitrogens is 2. The second kappa shape index (κ2) is 7.06. The Hall–Kier alpha value is -1.36. The number of hydrogen-bond acceptors (Lipinski definition) is 5. The molecule has 5 heteroatoms. The van der Waals surface area contributed by atoms with Gasteiger partial charge >= 0.3 is 0 Å². The van der Waals surface area contributed by atoms with Gasteiger partial charge in [-0.3, -0.25) is 0 Å². The van der Waals surface area contributed by atoms with Crippen molar-refractivity contribution in [1.82, 2.24) is 9.97 Å². The predicted molar refractivity (Wildman–Crippen MR) is 70.3 cm³/mol. The summed E-state index contributed by atoms with van der Waals surface area (Å²) in [6.07, 6.45) is 1.28. The van der Waals surface area contributed by atoms with E-state index < -0.39 is 0 Å². The summed E-state index contributed by atoms with van der Waals surface area (Å²) in [5, 5.41) is 15.8. The Morgan fingerprint density at radius 2 is 1.88 bits per heavy atom. The van der Waals surface area contributed by atoms with E-state index in [0.29, 0.717) is 0 Å². The van der Waals surface area contributed by atoms with Crippen molar-refractivity contribution in [2.24, 2.45) is 0 Å². The minimum Gasteiger partial charge on any atom is -0.393 e. The molecule has 0 aliphatic rings. The lowest BCUT2D eigenvalue weighted by Gasteiger charge is -2.11. The van der Waals surface area contributed by atoms with E-state index in [9.17, 15) is 5.11 Å². The van der Waals surface area contributed by atoms with Gasteiger partial charge in [0.25, 0.3) is 0 Å². The number of aliphatic hydroxyl groups is 1. The van der Waals surface area contributed by atoms with E-state index >= 15 is 0 Å². The minimum absolute atomic E-state index is 0.237. The van der Waals surface area contributed by atoms with Gasteiger partial charge in [-0.25, -0.2) is 9.97 Å². The van der Waals surface area contributed by atoms with Crippen LogP contribution < -0.4 is 10.6 Å². The maximum absolute atomic E-state index is 9.44. The molecule has 0 fully saturated rings.